The van der Waals surface area contributed by atoms with Gasteiger partial charge in [-0.3, -0.25) is 0 Å². The SMILES string of the molecule is CC(NC(=O)N1CCn2cccc2C1C)c1ccc(OC(F)F)cc1. The number of nitrogens with zero attached hydrogens (tertiary/aromatic N) is 2. The second kappa shape index (κ2) is 7.13. The van der Waals surface area contributed by atoms with E-state index in [0.717, 1.165) is 17.8 Å². The van der Waals surface area contributed by atoms with Crippen LogP contribution in [0.25, 0.3) is 0 Å². The monoisotopic (exact) mass is 349 g/mol. The van der Waals surface area contributed by atoms with Crippen molar-refractivity contribution in [2.45, 2.75) is 39.1 Å². The van der Waals surface area contributed by atoms with Crippen LogP contribution in [0.4, 0.5) is 13.6 Å². The first-order valence-corrected chi connectivity index (χ1v) is 8.22. The number of nitrogens with one attached hydrogen (secondary N) is 1. The molecule has 1 aromatic heterocycles. The zero-order valence-electron chi connectivity index (χ0n) is 14.2. The minimum Gasteiger partial charge on any atom is -0.435 e. The van der Waals surface area contributed by atoms with Crippen molar-refractivity contribution in [3.05, 3.63) is 53.9 Å². The topological polar surface area (TPSA) is 46.5 Å². The number of alkyl halides is 2. The predicted molar refractivity (Wildman–Crippen MR) is 89.6 cm³/mol. The van der Waals surface area contributed by atoms with E-state index in [2.05, 4.69) is 14.6 Å². The number of aromatic nitrogens is 1. The first-order valence-electron chi connectivity index (χ1n) is 8.22. The Hall–Kier alpha value is -2.57. The van der Waals surface area contributed by atoms with Crippen LogP contribution in [-0.2, 0) is 6.54 Å². The number of hydrogen-bond acceptors (Lipinski definition) is 2. The second-order valence-electron chi connectivity index (χ2n) is 6.11. The summed E-state index contributed by atoms with van der Waals surface area (Å²) in [5.41, 5.74) is 1.94. The number of benzene rings is 1. The number of amides is 2. The van der Waals surface area contributed by atoms with Gasteiger partial charge in [0, 0.05) is 25.0 Å². The third-order valence-corrected chi connectivity index (χ3v) is 4.55. The van der Waals surface area contributed by atoms with E-state index < -0.39 is 6.61 Å². The average Bonchev–Trinajstić information content (AvgIpc) is 3.04. The molecule has 134 valence electrons. The highest BCUT2D eigenvalue weighted by Crippen LogP contribution is 2.26. The average molecular weight is 349 g/mol. The molecule has 2 amide bonds. The van der Waals surface area contributed by atoms with Crippen LogP contribution in [0.3, 0.4) is 0 Å². The summed E-state index contributed by atoms with van der Waals surface area (Å²) in [6, 6.07) is 9.92. The van der Waals surface area contributed by atoms with Gasteiger partial charge in [0.1, 0.15) is 5.75 Å². The standard InChI is InChI=1S/C18H21F2N3O2/c1-12(14-5-7-15(8-6-14)25-17(19)20)21-18(24)23-11-10-22-9-3-4-16(22)13(23)2/h3-9,12-13,17H,10-11H2,1-2H3,(H,21,24). The lowest BCUT2D eigenvalue weighted by Gasteiger charge is -2.35. The summed E-state index contributed by atoms with van der Waals surface area (Å²) >= 11 is 0. The van der Waals surface area contributed by atoms with Crippen LogP contribution in [0.15, 0.2) is 42.6 Å². The highest BCUT2D eigenvalue weighted by atomic mass is 19.3. The van der Waals surface area contributed by atoms with Crippen LogP contribution < -0.4 is 10.1 Å². The Labute approximate surface area is 145 Å². The molecule has 2 aromatic rings. The normalized spacial score (nSPS) is 18.0. The minimum absolute atomic E-state index is 0.00207. The molecule has 0 fully saturated rings. The van der Waals surface area contributed by atoms with Gasteiger partial charge in [-0.1, -0.05) is 12.1 Å². The molecule has 7 heteroatoms. The van der Waals surface area contributed by atoms with E-state index in [9.17, 15) is 13.6 Å². The van der Waals surface area contributed by atoms with E-state index >= 15 is 0 Å². The Balaban J connectivity index is 1.63. The fraction of sp³-hybridized carbons (Fsp3) is 0.389. The number of carbonyl (C=O) groups is 1. The molecule has 2 heterocycles. The molecule has 0 bridgehead atoms. The van der Waals surface area contributed by atoms with Gasteiger partial charge >= 0.3 is 12.6 Å². The van der Waals surface area contributed by atoms with Crippen molar-refractivity contribution >= 4 is 6.03 Å². The van der Waals surface area contributed by atoms with Crippen molar-refractivity contribution in [1.82, 2.24) is 14.8 Å². The van der Waals surface area contributed by atoms with Crippen LogP contribution in [0.5, 0.6) is 5.75 Å². The van der Waals surface area contributed by atoms with Crippen LogP contribution >= 0.6 is 0 Å². The Morgan fingerprint density at radius 1 is 1.24 bits per heavy atom. The molecule has 1 aromatic carbocycles. The molecule has 1 aliphatic rings. The maximum Gasteiger partial charge on any atom is 0.387 e. The molecular formula is C18H21F2N3O2. The van der Waals surface area contributed by atoms with E-state index in [0.29, 0.717) is 6.54 Å². The van der Waals surface area contributed by atoms with E-state index in [4.69, 9.17) is 0 Å². The zero-order valence-corrected chi connectivity index (χ0v) is 14.2. The van der Waals surface area contributed by atoms with Gasteiger partial charge in [-0.25, -0.2) is 4.79 Å². The summed E-state index contributed by atoms with van der Waals surface area (Å²) in [7, 11) is 0. The van der Waals surface area contributed by atoms with Crippen LogP contribution in [0, 0.1) is 0 Å². The fourth-order valence-corrected chi connectivity index (χ4v) is 3.15. The van der Waals surface area contributed by atoms with Gasteiger partial charge in [0.25, 0.3) is 0 Å². The van der Waals surface area contributed by atoms with Gasteiger partial charge < -0.3 is 19.5 Å². The summed E-state index contributed by atoms with van der Waals surface area (Å²) in [4.78, 5) is 14.4. The third-order valence-electron chi connectivity index (χ3n) is 4.55. The lowest BCUT2D eigenvalue weighted by atomic mass is 10.1. The number of rotatable bonds is 4. The lowest BCUT2D eigenvalue weighted by molar-refractivity contribution is -0.0498. The second-order valence-corrected chi connectivity index (χ2v) is 6.11. The maximum atomic E-state index is 12.6. The minimum atomic E-state index is -2.84. The van der Waals surface area contributed by atoms with E-state index in [1.807, 2.05) is 32.2 Å². The number of halogens is 2. The molecular weight excluding hydrogens is 328 g/mol. The van der Waals surface area contributed by atoms with Gasteiger partial charge in [0.15, 0.2) is 0 Å². The molecule has 1 N–H and O–H groups in total. The number of urea groups is 1. The molecule has 3 rings (SSSR count). The summed E-state index contributed by atoms with van der Waals surface area (Å²) < 4.78 is 30.9. The number of hydrogen-bond donors (Lipinski definition) is 1. The van der Waals surface area contributed by atoms with E-state index in [1.54, 1.807) is 17.0 Å². The third kappa shape index (κ3) is 3.75. The van der Waals surface area contributed by atoms with Gasteiger partial charge in [-0.2, -0.15) is 8.78 Å². The maximum absolute atomic E-state index is 12.6. The predicted octanol–water partition coefficient (Wildman–Crippen LogP) is 3.94. The van der Waals surface area contributed by atoms with Crippen molar-refractivity contribution < 1.29 is 18.3 Å². The number of fused-ring (bicyclic) bond motifs is 1. The number of carbonyl (C=O) groups excluding carboxylic acids is 1. The molecule has 25 heavy (non-hydrogen) atoms. The first-order chi connectivity index (χ1) is 12.0. The molecule has 0 saturated heterocycles. The smallest absolute Gasteiger partial charge is 0.387 e. The molecule has 0 saturated carbocycles. The van der Waals surface area contributed by atoms with Crippen LogP contribution in [0.2, 0.25) is 0 Å². The van der Waals surface area contributed by atoms with Crippen molar-refractivity contribution in [3.63, 3.8) is 0 Å². The summed E-state index contributed by atoms with van der Waals surface area (Å²) in [5.74, 6) is 0.0997. The molecule has 0 radical (unpaired) electrons. The first kappa shape index (κ1) is 17.3. The summed E-state index contributed by atoms with van der Waals surface area (Å²) in [5, 5.41) is 2.97. The summed E-state index contributed by atoms with van der Waals surface area (Å²) in [6.45, 7) is 2.43. The molecule has 0 spiro atoms. The van der Waals surface area contributed by atoms with Crippen molar-refractivity contribution in [2.75, 3.05) is 6.54 Å². The van der Waals surface area contributed by atoms with Gasteiger partial charge in [-0.05, 0) is 43.7 Å². The van der Waals surface area contributed by atoms with Crippen LogP contribution in [0.1, 0.15) is 37.2 Å². The van der Waals surface area contributed by atoms with Crippen molar-refractivity contribution in [3.8, 4) is 5.75 Å². The van der Waals surface area contributed by atoms with Gasteiger partial charge in [-0.15, -0.1) is 0 Å². The van der Waals surface area contributed by atoms with Gasteiger partial charge in [0.05, 0.1) is 12.1 Å². The zero-order chi connectivity index (χ0) is 18.0. The highest BCUT2D eigenvalue weighted by Gasteiger charge is 2.28. The molecule has 2 unspecified atom stereocenters. The van der Waals surface area contributed by atoms with Gasteiger partial charge in [0.2, 0.25) is 0 Å². The molecule has 2 atom stereocenters. The van der Waals surface area contributed by atoms with E-state index in [1.165, 1.54) is 12.1 Å². The Morgan fingerprint density at radius 2 is 1.96 bits per heavy atom. The molecule has 0 aliphatic carbocycles. The van der Waals surface area contributed by atoms with E-state index in [-0.39, 0.29) is 23.9 Å². The summed E-state index contributed by atoms with van der Waals surface area (Å²) in [6.07, 6.45) is 2.02. The Morgan fingerprint density at radius 3 is 2.64 bits per heavy atom. The largest absolute Gasteiger partial charge is 0.435 e. The Bertz CT molecular complexity index is 730. The van der Waals surface area contributed by atoms with Crippen molar-refractivity contribution in [2.24, 2.45) is 0 Å². The quantitative estimate of drug-likeness (QED) is 0.909. The van der Waals surface area contributed by atoms with Crippen molar-refractivity contribution in [1.29, 1.82) is 0 Å². The molecule has 1 aliphatic heterocycles. The Kier molecular flexibility index (Phi) is 4.92. The lowest BCUT2D eigenvalue weighted by Crippen LogP contribution is -2.46. The fourth-order valence-electron chi connectivity index (χ4n) is 3.15. The van der Waals surface area contributed by atoms with Crippen LogP contribution in [-0.4, -0.2) is 28.7 Å². The molecule has 5 nitrogen and oxygen atoms in total. The highest BCUT2D eigenvalue weighted by molar-refractivity contribution is 5.75. The number of ether oxygens (including phenoxy) is 1.